The predicted octanol–water partition coefficient (Wildman–Crippen LogP) is 5.60. The van der Waals surface area contributed by atoms with E-state index in [1.807, 2.05) is 81.4 Å². The Kier molecular flexibility index (Phi) is 11.4. The Balaban J connectivity index is 1.56. The fourth-order valence-electron chi connectivity index (χ4n) is 6.89. The highest BCUT2D eigenvalue weighted by molar-refractivity contribution is 6.99. The molecule has 0 amide bonds. The number of nitrogen functional groups attached to an aromatic ring is 1. The number of hydrogen-bond donors (Lipinski definition) is 2. The predicted molar refractivity (Wildman–Crippen MR) is 194 cm³/mol. The number of carbonyl (C=O) groups is 1. The summed E-state index contributed by atoms with van der Waals surface area (Å²) in [4.78, 5) is 25.6. The number of aliphatic hydroxyl groups is 1. The normalized spacial score (nSPS) is 22.4. The van der Waals surface area contributed by atoms with Crippen LogP contribution in [0.2, 0.25) is 5.04 Å². The molecule has 50 heavy (non-hydrogen) atoms. The molecule has 2 aromatic heterocycles. The molecule has 1 saturated heterocycles. The van der Waals surface area contributed by atoms with Crippen molar-refractivity contribution in [1.29, 1.82) is 0 Å². The summed E-state index contributed by atoms with van der Waals surface area (Å²) >= 11 is 0. The summed E-state index contributed by atoms with van der Waals surface area (Å²) in [6.45, 7) is 7.36. The molecule has 0 unspecified atom stereocenters. The zero-order valence-corrected chi connectivity index (χ0v) is 30.3. The van der Waals surface area contributed by atoms with Gasteiger partial charge in [-0.05, 0) is 21.8 Å². The standard InChI is InChI=1S/C38H48FN5O5Si/c1-6-8-9-10-11-12-19-24-30(45)47-25-38(39)34(37(46,7-2)35(48-38)44-27-43-31-32(40)41-26-42-33(31)44)49-50(36(3,4)5,28-20-15-13-16-21-28)29-22-17-14-18-23-29/h2,13-18,20-23,26-27,34-35,46H,6,8-12,19,24-25H2,1,3-5H3,(H2,40,41,42)/t34-,35+,37+,38+/m0/s1. The summed E-state index contributed by atoms with van der Waals surface area (Å²) in [6, 6.07) is 19.1. The van der Waals surface area contributed by atoms with Gasteiger partial charge < -0.3 is 24.7 Å². The number of hydrogen-bond acceptors (Lipinski definition) is 9. The van der Waals surface area contributed by atoms with Crippen LogP contribution >= 0.6 is 0 Å². The Morgan fingerprint density at radius 3 is 2.20 bits per heavy atom. The lowest BCUT2D eigenvalue weighted by Gasteiger charge is -2.47. The molecule has 0 saturated carbocycles. The molecule has 2 aromatic carbocycles. The number of halogens is 1. The van der Waals surface area contributed by atoms with Crippen LogP contribution in [0, 0.1) is 12.3 Å². The molecular formula is C38H48FN5O5Si. The van der Waals surface area contributed by atoms with Gasteiger partial charge in [-0.3, -0.25) is 9.36 Å². The molecule has 1 aliphatic heterocycles. The molecule has 0 aliphatic carbocycles. The number of imidazole rings is 1. The molecule has 1 fully saturated rings. The number of aromatic nitrogens is 4. The van der Waals surface area contributed by atoms with Crippen LogP contribution in [0.4, 0.5) is 10.2 Å². The van der Waals surface area contributed by atoms with E-state index < -0.39 is 49.7 Å². The Labute approximate surface area is 294 Å². The van der Waals surface area contributed by atoms with Crippen molar-refractivity contribution in [3.63, 3.8) is 0 Å². The SMILES string of the molecule is C#C[C@]1(O)[C@H](n2cnc3c(N)ncnc32)O[C@](F)(COC(=O)CCCCCCCCC)[C@H]1O[Si](c1ccccc1)(c1ccccc1)C(C)(C)C. The van der Waals surface area contributed by atoms with Gasteiger partial charge in [0.25, 0.3) is 14.2 Å². The average Bonchev–Trinajstić information content (AvgIpc) is 3.63. The van der Waals surface area contributed by atoms with Gasteiger partial charge in [0.15, 0.2) is 30.4 Å². The molecule has 3 heterocycles. The van der Waals surface area contributed by atoms with Crippen molar-refractivity contribution in [2.24, 2.45) is 0 Å². The lowest BCUT2D eigenvalue weighted by atomic mass is 9.94. The first kappa shape index (κ1) is 37.1. The van der Waals surface area contributed by atoms with Gasteiger partial charge in [-0.25, -0.2) is 19.3 Å². The van der Waals surface area contributed by atoms with Crippen LogP contribution in [-0.2, 0) is 18.7 Å². The third-order valence-corrected chi connectivity index (χ3v) is 14.5. The Morgan fingerprint density at radius 2 is 1.62 bits per heavy atom. The summed E-state index contributed by atoms with van der Waals surface area (Å²) in [5, 5.41) is 13.6. The maximum Gasteiger partial charge on any atom is 0.305 e. The molecular weight excluding hydrogens is 654 g/mol. The maximum atomic E-state index is 17.9. The van der Waals surface area contributed by atoms with E-state index in [9.17, 15) is 9.90 Å². The minimum Gasteiger partial charge on any atom is -0.459 e. The number of fused-ring (bicyclic) bond motifs is 1. The molecule has 5 rings (SSSR count). The van der Waals surface area contributed by atoms with E-state index in [4.69, 9.17) is 26.1 Å². The molecule has 266 valence electrons. The Morgan fingerprint density at radius 1 is 1.02 bits per heavy atom. The van der Waals surface area contributed by atoms with Crippen LogP contribution in [0.5, 0.6) is 0 Å². The number of ether oxygens (including phenoxy) is 2. The van der Waals surface area contributed by atoms with Gasteiger partial charge in [0.2, 0.25) is 5.60 Å². The minimum atomic E-state index is -3.57. The molecule has 0 spiro atoms. The zero-order chi connectivity index (χ0) is 36.0. The van der Waals surface area contributed by atoms with E-state index >= 15 is 4.39 Å². The molecule has 0 radical (unpaired) electrons. The highest BCUT2D eigenvalue weighted by Crippen LogP contribution is 2.51. The molecule has 0 bridgehead atoms. The van der Waals surface area contributed by atoms with Crippen molar-refractivity contribution in [1.82, 2.24) is 19.5 Å². The van der Waals surface area contributed by atoms with Crippen molar-refractivity contribution in [2.45, 2.75) is 108 Å². The highest BCUT2D eigenvalue weighted by atomic mass is 28.4. The number of nitrogens with two attached hydrogens (primary N) is 1. The molecule has 4 aromatic rings. The van der Waals surface area contributed by atoms with Gasteiger partial charge in [0.1, 0.15) is 11.8 Å². The molecule has 10 nitrogen and oxygen atoms in total. The summed E-state index contributed by atoms with van der Waals surface area (Å²) in [6.07, 6.45) is 12.5. The summed E-state index contributed by atoms with van der Waals surface area (Å²) in [5.74, 6) is -0.978. The van der Waals surface area contributed by atoms with Crippen LogP contribution in [0.25, 0.3) is 11.2 Å². The fraction of sp³-hybridized carbons (Fsp3) is 0.474. The number of esters is 1. The van der Waals surface area contributed by atoms with E-state index in [0.717, 1.165) is 36.1 Å². The zero-order valence-electron chi connectivity index (χ0n) is 29.3. The van der Waals surface area contributed by atoms with E-state index in [0.29, 0.717) is 6.42 Å². The molecule has 12 heteroatoms. The van der Waals surface area contributed by atoms with Crippen LogP contribution < -0.4 is 16.1 Å². The smallest absolute Gasteiger partial charge is 0.305 e. The first-order chi connectivity index (χ1) is 23.9. The van der Waals surface area contributed by atoms with Crippen LogP contribution in [0.15, 0.2) is 73.3 Å². The highest BCUT2D eigenvalue weighted by Gasteiger charge is 2.69. The van der Waals surface area contributed by atoms with Gasteiger partial charge in [0, 0.05) is 6.42 Å². The van der Waals surface area contributed by atoms with E-state index in [1.54, 1.807) is 0 Å². The van der Waals surface area contributed by atoms with Gasteiger partial charge in [-0.2, -0.15) is 0 Å². The lowest BCUT2D eigenvalue weighted by molar-refractivity contribution is -0.213. The molecule has 1 aliphatic rings. The van der Waals surface area contributed by atoms with Crippen LogP contribution in [0.3, 0.4) is 0 Å². The second-order valence-corrected chi connectivity index (χ2v) is 18.3. The Hall–Kier alpha value is -4.15. The van der Waals surface area contributed by atoms with Gasteiger partial charge in [-0.15, -0.1) is 6.42 Å². The molecule has 4 atom stereocenters. The number of terminal acetylenes is 1. The summed E-state index contributed by atoms with van der Waals surface area (Å²) in [7, 11) is -3.57. The third kappa shape index (κ3) is 7.18. The first-order valence-corrected chi connectivity index (χ1v) is 19.3. The quantitative estimate of drug-likeness (QED) is 0.0704. The molecule has 3 N–H and O–H groups in total. The van der Waals surface area contributed by atoms with Crippen molar-refractivity contribution in [2.75, 3.05) is 12.3 Å². The number of carbonyl (C=O) groups excluding carboxylic acids is 1. The monoisotopic (exact) mass is 701 g/mol. The van der Waals surface area contributed by atoms with Crippen molar-refractivity contribution < 1.29 is 28.2 Å². The maximum absolute atomic E-state index is 17.9. The summed E-state index contributed by atoms with van der Waals surface area (Å²) < 4.78 is 38.1. The topological polar surface area (TPSA) is 135 Å². The van der Waals surface area contributed by atoms with Crippen molar-refractivity contribution in [3.8, 4) is 12.3 Å². The number of benzene rings is 2. The number of nitrogens with zero attached hydrogens (tertiary/aromatic N) is 4. The van der Waals surface area contributed by atoms with E-state index in [2.05, 4.69) is 27.8 Å². The Bertz CT molecular complexity index is 1740. The number of rotatable bonds is 15. The largest absolute Gasteiger partial charge is 0.459 e. The minimum absolute atomic E-state index is 0.0851. The van der Waals surface area contributed by atoms with Crippen molar-refractivity contribution >= 4 is 41.6 Å². The van der Waals surface area contributed by atoms with Gasteiger partial charge >= 0.3 is 5.97 Å². The number of anilines is 1. The van der Waals surface area contributed by atoms with Gasteiger partial charge in [-0.1, -0.05) is 133 Å². The lowest BCUT2D eigenvalue weighted by Crippen LogP contribution is -2.71. The first-order valence-electron chi connectivity index (χ1n) is 17.4. The van der Waals surface area contributed by atoms with E-state index in [-0.39, 0.29) is 23.4 Å². The number of alkyl halides is 1. The van der Waals surface area contributed by atoms with Crippen LogP contribution in [0.1, 0.15) is 85.3 Å². The number of unbranched alkanes of at least 4 members (excludes halogenated alkanes) is 6. The third-order valence-electron chi connectivity index (χ3n) is 9.47. The van der Waals surface area contributed by atoms with E-state index in [1.165, 1.54) is 30.1 Å². The summed E-state index contributed by atoms with van der Waals surface area (Å²) in [5.41, 5.74) is 3.99. The van der Waals surface area contributed by atoms with Crippen LogP contribution in [-0.4, -0.2) is 63.1 Å². The second-order valence-electron chi connectivity index (χ2n) is 14.0. The van der Waals surface area contributed by atoms with Gasteiger partial charge in [0.05, 0.1) is 6.33 Å². The fourth-order valence-corrected chi connectivity index (χ4v) is 11.6. The second kappa shape index (κ2) is 15.4. The average molecular weight is 702 g/mol. The van der Waals surface area contributed by atoms with Crippen molar-refractivity contribution in [3.05, 3.63) is 73.3 Å².